The molecule has 2 atom stereocenters. The van der Waals surface area contributed by atoms with Crippen molar-refractivity contribution in [1.82, 2.24) is 0 Å². The van der Waals surface area contributed by atoms with Gasteiger partial charge in [-0.05, 0) is 13.8 Å². The third-order valence-electron chi connectivity index (χ3n) is 0.963. The van der Waals surface area contributed by atoms with E-state index in [1.54, 1.807) is 0 Å². The zero-order valence-electron chi connectivity index (χ0n) is 5.89. The van der Waals surface area contributed by atoms with Gasteiger partial charge < -0.3 is 9.53 Å². The minimum Gasteiger partial charge on any atom is -0.371 e. The van der Waals surface area contributed by atoms with Crippen LogP contribution in [0.2, 0.25) is 0 Å². The van der Waals surface area contributed by atoms with Crippen molar-refractivity contribution in [2.75, 3.05) is 6.61 Å². The summed E-state index contributed by atoms with van der Waals surface area (Å²) in [6.45, 7) is 4.43. The standard InChI is InChI=1S/C6H13O2P/c1-3-8-6(2,9)4-5-7/h5H,3-4,9H2,1-2H3. The first-order chi connectivity index (χ1) is 4.12. The Morgan fingerprint density at radius 2 is 2.33 bits per heavy atom. The zero-order chi connectivity index (χ0) is 7.33. The van der Waals surface area contributed by atoms with Gasteiger partial charge in [-0.3, -0.25) is 0 Å². The molecule has 0 radical (unpaired) electrons. The lowest BCUT2D eigenvalue weighted by Gasteiger charge is -2.20. The van der Waals surface area contributed by atoms with Crippen LogP contribution in [0.5, 0.6) is 0 Å². The van der Waals surface area contributed by atoms with Crippen molar-refractivity contribution in [3.63, 3.8) is 0 Å². The van der Waals surface area contributed by atoms with Crippen LogP contribution in [-0.4, -0.2) is 18.2 Å². The van der Waals surface area contributed by atoms with Crippen molar-refractivity contribution in [3.05, 3.63) is 0 Å². The van der Waals surface area contributed by atoms with Gasteiger partial charge in [-0.1, -0.05) is 0 Å². The van der Waals surface area contributed by atoms with Crippen molar-refractivity contribution < 1.29 is 9.53 Å². The first kappa shape index (κ1) is 9.06. The lowest BCUT2D eigenvalue weighted by atomic mass is 10.3. The lowest BCUT2D eigenvalue weighted by Crippen LogP contribution is -2.20. The SMILES string of the molecule is CCOC(C)(P)CC=O. The van der Waals surface area contributed by atoms with Gasteiger partial charge in [0.05, 0.1) is 5.34 Å². The molecule has 2 unspecified atom stereocenters. The highest BCUT2D eigenvalue weighted by Gasteiger charge is 2.15. The minimum atomic E-state index is -0.351. The number of carbonyl (C=O) groups is 1. The van der Waals surface area contributed by atoms with Crippen LogP contribution < -0.4 is 0 Å². The number of aldehydes is 1. The Kier molecular flexibility index (Phi) is 4.00. The Hall–Kier alpha value is 0.0600. The molecule has 0 aromatic rings. The van der Waals surface area contributed by atoms with Crippen LogP contribution in [0.25, 0.3) is 0 Å². The molecular weight excluding hydrogens is 135 g/mol. The van der Waals surface area contributed by atoms with Gasteiger partial charge in [0.1, 0.15) is 6.29 Å². The minimum absolute atomic E-state index is 0.351. The summed E-state index contributed by atoms with van der Waals surface area (Å²) in [7, 11) is 2.50. The van der Waals surface area contributed by atoms with Gasteiger partial charge >= 0.3 is 0 Å². The van der Waals surface area contributed by atoms with Crippen LogP contribution in [0.15, 0.2) is 0 Å². The smallest absolute Gasteiger partial charge is 0.123 e. The van der Waals surface area contributed by atoms with E-state index in [0.717, 1.165) is 6.29 Å². The van der Waals surface area contributed by atoms with Crippen LogP contribution >= 0.6 is 9.24 Å². The van der Waals surface area contributed by atoms with E-state index in [9.17, 15) is 4.79 Å². The van der Waals surface area contributed by atoms with E-state index in [2.05, 4.69) is 9.24 Å². The Morgan fingerprint density at radius 1 is 1.78 bits per heavy atom. The quantitative estimate of drug-likeness (QED) is 0.442. The van der Waals surface area contributed by atoms with Gasteiger partial charge in [-0.2, -0.15) is 0 Å². The second kappa shape index (κ2) is 3.97. The normalized spacial score (nSPS) is 16.8. The van der Waals surface area contributed by atoms with Gasteiger partial charge in [0, 0.05) is 13.0 Å². The lowest BCUT2D eigenvalue weighted by molar-refractivity contribution is -0.110. The molecule has 0 bridgehead atoms. The fraction of sp³-hybridized carbons (Fsp3) is 0.833. The van der Waals surface area contributed by atoms with Gasteiger partial charge in [-0.25, -0.2) is 0 Å². The summed E-state index contributed by atoms with van der Waals surface area (Å²) < 4.78 is 5.20. The molecule has 3 heteroatoms. The van der Waals surface area contributed by atoms with Gasteiger partial charge in [0.15, 0.2) is 0 Å². The molecule has 0 N–H and O–H groups in total. The Balaban J connectivity index is 3.55. The third-order valence-corrected chi connectivity index (χ3v) is 1.37. The molecule has 0 heterocycles. The predicted molar refractivity (Wildman–Crippen MR) is 40.4 cm³/mol. The summed E-state index contributed by atoms with van der Waals surface area (Å²) in [5, 5.41) is -0.351. The highest BCUT2D eigenvalue weighted by Crippen LogP contribution is 2.21. The first-order valence-corrected chi connectivity index (χ1v) is 3.56. The molecule has 2 nitrogen and oxygen atoms in total. The van der Waals surface area contributed by atoms with E-state index >= 15 is 0 Å². The van der Waals surface area contributed by atoms with Crippen LogP contribution in [0.3, 0.4) is 0 Å². The maximum absolute atomic E-state index is 10.0. The number of hydrogen-bond acceptors (Lipinski definition) is 2. The molecule has 0 aromatic heterocycles. The van der Waals surface area contributed by atoms with E-state index in [-0.39, 0.29) is 5.34 Å². The summed E-state index contributed by atoms with van der Waals surface area (Å²) in [5.74, 6) is 0. The average molecular weight is 148 g/mol. The topological polar surface area (TPSA) is 26.3 Å². The molecule has 0 fully saturated rings. The molecule has 0 spiro atoms. The van der Waals surface area contributed by atoms with Crippen molar-refractivity contribution in [1.29, 1.82) is 0 Å². The fourth-order valence-corrected chi connectivity index (χ4v) is 0.817. The molecule has 0 aliphatic heterocycles. The van der Waals surface area contributed by atoms with Crippen LogP contribution in [0.1, 0.15) is 20.3 Å². The zero-order valence-corrected chi connectivity index (χ0v) is 7.04. The van der Waals surface area contributed by atoms with Crippen LogP contribution in [-0.2, 0) is 9.53 Å². The largest absolute Gasteiger partial charge is 0.371 e. The molecule has 0 saturated carbocycles. The van der Waals surface area contributed by atoms with E-state index in [4.69, 9.17) is 4.74 Å². The van der Waals surface area contributed by atoms with Gasteiger partial charge in [0.2, 0.25) is 0 Å². The number of ether oxygens (including phenoxy) is 1. The fourth-order valence-electron chi connectivity index (χ4n) is 0.554. The number of rotatable bonds is 4. The average Bonchev–Trinajstić information content (AvgIpc) is 1.64. The Morgan fingerprint density at radius 3 is 2.67 bits per heavy atom. The first-order valence-electron chi connectivity index (χ1n) is 2.99. The number of hydrogen-bond donors (Lipinski definition) is 0. The second-order valence-corrected chi connectivity index (χ2v) is 3.34. The summed E-state index contributed by atoms with van der Waals surface area (Å²) in [5.41, 5.74) is 0. The molecule has 9 heavy (non-hydrogen) atoms. The molecule has 0 saturated heterocycles. The highest BCUT2D eigenvalue weighted by molar-refractivity contribution is 7.18. The molecule has 0 amide bonds. The van der Waals surface area contributed by atoms with E-state index in [1.807, 2.05) is 13.8 Å². The molecular formula is C6H13O2P. The predicted octanol–water partition coefficient (Wildman–Crippen LogP) is 1.20. The van der Waals surface area contributed by atoms with E-state index in [1.165, 1.54) is 0 Å². The van der Waals surface area contributed by atoms with Crippen molar-refractivity contribution in [2.45, 2.75) is 25.6 Å². The second-order valence-electron chi connectivity index (χ2n) is 2.12. The third kappa shape index (κ3) is 4.56. The van der Waals surface area contributed by atoms with Gasteiger partial charge in [-0.15, -0.1) is 9.24 Å². The monoisotopic (exact) mass is 148 g/mol. The Bertz CT molecular complexity index is 91.1. The maximum atomic E-state index is 10.0. The molecule has 54 valence electrons. The highest BCUT2D eigenvalue weighted by atomic mass is 31.0. The van der Waals surface area contributed by atoms with Crippen molar-refractivity contribution in [3.8, 4) is 0 Å². The summed E-state index contributed by atoms with van der Waals surface area (Å²) >= 11 is 0. The number of carbonyl (C=O) groups excluding carboxylic acids is 1. The molecule has 0 aliphatic carbocycles. The van der Waals surface area contributed by atoms with Crippen molar-refractivity contribution in [2.24, 2.45) is 0 Å². The van der Waals surface area contributed by atoms with Crippen LogP contribution in [0, 0.1) is 0 Å². The molecule has 0 aromatic carbocycles. The molecule has 0 aliphatic rings. The van der Waals surface area contributed by atoms with E-state index in [0.29, 0.717) is 13.0 Å². The van der Waals surface area contributed by atoms with Gasteiger partial charge in [0.25, 0.3) is 0 Å². The van der Waals surface area contributed by atoms with Crippen molar-refractivity contribution >= 4 is 15.5 Å². The van der Waals surface area contributed by atoms with E-state index < -0.39 is 0 Å². The summed E-state index contributed by atoms with van der Waals surface area (Å²) in [6, 6.07) is 0. The maximum Gasteiger partial charge on any atom is 0.123 e. The van der Waals surface area contributed by atoms with Crippen LogP contribution in [0.4, 0.5) is 0 Å². The summed E-state index contributed by atoms with van der Waals surface area (Å²) in [6.07, 6.45) is 1.30. The summed E-state index contributed by atoms with van der Waals surface area (Å²) in [4.78, 5) is 10.0. The Labute approximate surface area is 58.2 Å². The molecule has 0 rings (SSSR count).